The van der Waals surface area contributed by atoms with Crippen LogP contribution >= 0.6 is 0 Å². The standard InChI is InChI=1S/C16H18N4O3/c1-12-4-2-3-9-19(12)11-13(10-17)16(21)18-14-5-7-15(8-6-14)20(22)23/h5-8,11-12H,2-4,9H2,1H3,(H,18,21)/b13-11-. The SMILES string of the molecule is CC1CCCCN1/C=C(/C#N)C(=O)Nc1ccc([N+](=O)[O-])cc1. The molecule has 1 fully saturated rings. The lowest BCUT2D eigenvalue weighted by atomic mass is 10.0. The minimum atomic E-state index is -0.515. The number of rotatable bonds is 4. The molecule has 0 saturated carbocycles. The van der Waals surface area contributed by atoms with Crippen molar-refractivity contribution in [1.82, 2.24) is 4.90 Å². The van der Waals surface area contributed by atoms with E-state index < -0.39 is 10.8 Å². The number of carbonyl (C=O) groups is 1. The number of likely N-dealkylation sites (tertiary alicyclic amines) is 1. The zero-order valence-corrected chi connectivity index (χ0v) is 12.9. The summed E-state index contributed by atoms with van der Waals surface area (Å²) in [4.78, 5) is 24.3. The lowest BCUT2D eigenvalue weighted by molar-refractivity contribution is -0.384. The van der Waals surface area contributed by atoms with Crippen molar-refractivity contribution in [3.05, 3.63) is 46.2 Å². The molecule has 23 heavy (non-hydrogen) atoms. The van der Waals surface area contributed by atoms with Gasteiger partial charge in [-0.05, 0) is 38.3 Å². The van der Waals surface area contributed by atoms with Gasteiger partial charge in [-0.1, -0.05) is 0 Å². The van der Waals surface area contributed by atoms with Crippen LogP contribution < -0.4 is 5.32 Å². The number of non-ortho nitro benzene ring substituents is 1. The van der Waals surface area contributed by atoms with Gasteiger partial charge >= 0.3 is 0 Å². The van der Waals surface area contributed by atoms with Crippen molar-refractivity contribution in [2.24, 2.45) is 0 Å². The number of anilines is 1. The minimum absolute atomic E-state index is 0.0251. The number of carbonyl (C=O) groups excluding carboxylic acids is 1. The molecular weight excluding hydrogens is 296 g/mol. The van der Waals surface area contributed by atoms with E-state index in [4.69, 9.17) is 0 Å². The molecule has 1 aliphatic heterocycles. The summed E-state index contributed by atoms with van der Waals surface area (Å²) in [6.07, 6.45) is 4.84. The molecule has 1 aromatic carbocycles. The summed E-state index contributed by atoms with van der Waals surface area (Å²) in [5.74, 6) is -0.515. The van der Waals surface area contributed by atoms with Crippen LogP contribution in [-0.4, -0.2) is 28.3 Å². The second kappa shape index (κ2) is 7.40. The average Bonchev–Trinajstić information content (AvgIpc) is 2.54. The maximum Gasteiger partial charge on any atom is 0.269 e. The zero-order chi connectivity index (χ0) is 16.8. The van der Waals surface area contributed by atoms with E-state index in [0.717, 1.165) is 25.8 Å². The van der Waals surface area contributed by atoms with Crippen LogP contribution in [0.5, 0.6) is 0 Å². The highest BCUT2D eigenvalue weighted by Gasteiger charge is 2.18. The average molecular weight is 314 g/mol. The van der Waals surface area contributed by atoms with Crippen LogP contribution in [0.3, 0.4) is 0 Å². The van der Waals surface area contributed by atoms with Crippen LogP contribution in [0.15, 0.2) is 36.0 Å². The Morgan fingerprint density at radius 1 is 1.43 bits per heavy atom. The Bertz CT molecular complexity index is 661. The van der Waals surface area contributed by atoms with Crippen molar-refractivity contribution < 1.29 is 9.72 Å². The highest BCUT2D eigenvalue weighted by Crippen LogP contribution is 2.19. The van der Waals surface area contributed by atoms with Gasteiger partial charge in [0.1, 0.15) is 11.6 Å². The lowest BCUT2D eigenvalue weighted by Gasteiger charge is -2.32. The fourth-order valence-corrected chi connectivity index (χ4v) is 2.48. The second-order valence-corrected chi connectivity index (χ2v) is 5.50. The van der Waals surface area contributed by atoms with Gasteiger partial charge < -0.3 is 10.2 Å². The summed E-state index contributed by atoms with van der Waals surface area (Å²) in [5, 5.41) is 22.4. The molecule has 1 amide bonds. The Morgan fingerprint density at radius 3 is 2.70 bits per heavy atom. The molecule has 0 radical (unpaired) electrons. The van der Waals surface area contributed by atoms with Gasteiger partial charge in [0, 0.05) is 36.6 Å². The molecule has 1 atom stereocenters. The summed E-state index contributed by atoms with van der Waals surface area (Å²) in [5.41, 5.74) is 0.381. The highest BCUT2D eigenvalue weighted by atomic mass is 16.6. The highest BCUT2D eigenvalue weighted by molar-refractivity contribution is 6.06. The summed E-state index contributed by atoms with van der Waals surface area (Å²) in [6, 6.07) is 7.71. The van der Waals surface area contributed by atoms with E-state index >= 15 is 0 Å². The summed E-state index contributed by atoms with van der Waals surface area (Å²) < 4.78 is 0. The van der Waals surface area contributed by atoms with Crippen molar-refractivity contribution in [3.8, 4) is 6.07 Å². The number of hydrogen-bond acceptors (Lipinski definition) is 5. The first-order valence-corrected chi connectivity index (χ1v) is 7.44. The molecule has 2 rings (SSSR count). The van der Waals surface area contributed by atoms with Crippen LogP contribution in [0.4, 0.5) is 11.4 Å². The van der Waals surface area contributed by atoms with E-state index in [1.54, 1.807) is 6.20 Å². The van der Waals surface area contributed by atoms with Crippen molar-refractivity contribution in [1.29, 1.82) is 5.26 Å². The lowest BCUT2D eigenvalue weighted by Crippen LogP contribution is -2.34. The molecule has 0 bridgehead atoms. The first kappa shape index (κ1) is 16.5. The summed E-state index contributed by atoms with van der Waals surface area (Å²) >= 11 is 0. The van der Waals surface area contributed by atoms with Crippen LogP contribution in [-0.2, 0) is 4.79 Å². The third-order valence-corrected chi connectivity index (χ3v) is 3.85. The fraction of sp³-hybridized carbons (Fsp3) is 0.375. The van der Waals surface area contributed by atoms with Gasteiger partial charge in [-0.25, -0.2) is 0 Å². The van der Waals surface area contributed by atoms with Gasteiger partial charge in [-0.2, -0.15) is 5.26 Å². The van der Waals surface area contributed by atoms with Gasteiger partial charge in [-0.15, -0.1) is 0 Å². The Balaban J connectivity index is 2.08. The number of hydrogen-bond donors (Lipinski definition) is 1. The molecule has 0 aliphatic carbocycles. The molecule has 0 aromatic heterocycles. The Hall–Kier alpha value is -2.88. The molecule has 1 N–H and O–H groups in total. The molecule has 7 nitrogen and oxygen atoms in total. The Labute approximate surface area is 134 Å². The van der Waals surface area contributed by atoms with Crippen molar-refractivity contribution >= 4 is 17.3 Å². The third-order valence-electron chi connectivity index (χ3n) is 3.85. The second-order valence-electron chi connectivity index (χ2n) is 5.50. The fourth-order valence-electron chi connectivity index (χ4n) is 2.48. The topological polar surface area (TPSA) is 99.3 Å². The first-order chi connectivity index (χ1) is 11.0. The number of amides is 1. The number of piperidine rings is 1. The largest absolute Gasteiger partial charge is 0.373 e. The van der Waals surface area contributed by atoms with E-state index in [1.807, 2.05) is 11.0 Å². The van der Waals surface area contributed by atoms with E-state index in [-0.39, 0.29) is 11.3 Å². The number of nitro benzene ring substituents is 1. The maximum absolute atomic E-state index is 12.2. The zero-order valence-electron chi connectivity index (χ0n) is 12.9. The van der Waals surface area contributed by atoms with Gasteiger partial charge in [0.2, 0.25) is 0 Å². The molecule has 1 aromatic rings. The summed E-state index contributed by atoms with van der Waals surface area (Å²) in [6.45, 7) is 2.90. The van der Waals surface area contributed by atoms with Crippen LogP contribution in [0.2, 0.25) is 0 Å². The molecule has 0 spiro atoms. The van der Waals surface area contributed by atoms with Gasteiger partial charge in [0.05, 0.1) is 4.92 Å². The summed E-state index contributed by atoms with van der Waals surface area (Å²) in [7, 11) is 0. The quantitative estimate of drug-likeness (QED) is 0.399. The number of nitro groups is 1. The van der Waals surface area contributed by atoms with Gasteiger partial charge in [-0.3, -0.25) is 14.9 Å². The molecule has 1 aliphatic rings. The number of benzene rings is 1. The first-order valence-electron chi connectivity index (χ1n) is 7.44. The van der Waals surface area contributed by atoms with Gasteiger partial charge in [0.15, 0.2) is 0 Å². The van der Waals surface area contributed by atoms with E-state index in [2.05, 4.69) is 12.2 Å². The maximum atomic E-state index is 12.2. The van der Waals surface area contributed by atoms with Crippen LogP contribution in [0, 0.1) is 21.4 Å². The molecule has 7 heteroatoms. The van der Waals surface area contributed by atoms with Crippen LogP contribution in [0.25, 0.3) is 0 Å². The van der Waals surface area contributed by atoms with Gasteiger partial charge in [0.25, 0.3) is 11.6 Å². The predicted octanol–water partition coefficient (Wildman–Crippen LogP) is 2.82. The molecule has 1 unspecified atom stereocenters. The Kier molecular flexibility index (Phi) is 5.31. The molecule has 1 heterocycles. The van der Waals surface area contributed by atoms with Crippen molar-refractivity contribution in [2.45, 2.75) is 32.2 Å². The minimum Gasteiger partial charge on any atom is -0.373 e. The van der Waals surface area contributed by atoms with Crippen molar-refractivity contribution in [2.75, 3.05) is 11.9 Å². The molecular formula is C16H18N4O3. The van der Waals surface area contributed by atoms with Crippen molar-refractivity contribution in [3.63, 3.8) is 0 Å². The smallest absolute Gasteiger partial charge is 0.269 e. The van der Waals surface area contributed by atoms with E-state index in [0.29, 0.717) is 11.7 Å². The Morgan fingerprint density at radius 2 is 2.13 bits per heavy atom. The van der Waals surface area contributed by atoms with E-state index in [1.165, 1.54) is 24.3 Å². The van der Waals surface area contributed by atoms with E-state index in [9.17, 15) is 20.2 Å². The number of nitrogens with one attached hydrogen (secondary N) is 1. The normalized spacial score (nSPS) is 18.2. The monoisotopic (exact) mass is 314 g/mol. The molecule has 1 saturated heterocycles. The predicted molar refractivity (Wildman–Crippen MR) is 85.4 cm³/mol. The third kappa shape index (κ3) is 4.30. The number of nitrogens with zero attached hydrogens (tertiary/aromatic N) is 3. The van der Waals surface area contributed by atoms with Crippen LogP contribution in [0.1, 0.15) is 26.2 Å². The molecule has 120 valence electrons. The number of nitriles is 1.